The van der Waals surface area contributed by atoms with Gasteiger partial charge in [-0.3, -0.25) is 0 Å². The Morgan fingerprint density at radius 2 is 1.71 bits per heavy atom. The lowest BCUT2D eigenvalue weighted by atomic mass is 10.2. The van der Waals surface area contributed by atoms with Crippen LogP contribution < -0.4 is 9.47 Å². The fourth-order valence-electron chi connectivity index (χ4n) is 2.04. The van der Waals surface area contributed by atoms with Crippen molar-refractivity contribution in [2.75, 3.05) is 7.11 Å². The van der Waals surface area contributed by atoms with Crippen molar-refractivity contribution in [1.29, 1.82) is 0 Å². The van der Waals surface area contributed by atoms with Crippen molar-refractivity contribution < 1.29 is 13.9 Å². The molecule has 2 aromatic carbocycles. The van der Waals surface area contributed by atoms with Gasteiger partial charge in [-0.15, -0.1) is 0 Å². The maximum atomic E-state index is 12.8. The first kappa shape index (κ1) is 13.4. The molecule has 4 heteroatoms. The molecule has 0 amide bonds. The molecule has 0 saturated carbocycles. The van der Waals surface area contributed by atoms with Crippen molar-refractivity contribution in [3.63, 3.8) is 0 Å². The van der Waals surface area contributed by atoms with Crippen LogP contribution in [0.25, 0.3) is 10.9 Å². The number of halogens is 1. The van der Waals surface area contributed by atoms with Gasteiger partial charge in [0.15, 0.2) is 0 Å². The summed E-state index contributed by atoms with van der Waals surface area (Å²) in [6.07, 6.45) is 0. The second-order valence-electron chi connectivity index (χ2n) is 4.60. The molecule has 1 aromatic heterocycles. The summed E-state index contributed by atoms with van der Waals surface area (Å²) < 4.78 is 23.6. The second-order valence-corrected chi connectivity index (χ2v) is 4.60. The minimum atomic E-state index is -0.278. The summed E-state index contributed by atoms with van der Waals surface area (Å²) >= 11 is 0. The summed E-state index contributed by atoms with van der Waals surface area (Å²) in [5, 5.41) is 1.01. The number of hydrogen-bond donors (Lipinski definition) is 0. The molecule has 21 heavy (non-hydrogen) atoms. The van der Waals surface area contributed by atoms with Gasteiger partial charge in [0, 0.05) is 5.39 Å². The fourth-order valence-corrected chi connectivity index (χ4v) is 2.04. The highest BCUT2D eigenvalue weighted by atomic mass is 19.1. The van der Waals surface area contributed by atoms with Crippen LogP contribution in [0.3, 0.4) is 0 Å². The van der Waals surface area contributed by atoms with Gasteiger partial charge in [-0.1, -0.05) is 6.07 Å². The number of hydrogen-bond acceptors (Lipinski definition) is 3. The van der Waals surface area contributed by atoms with Gasteiger partial charge in [-0.25, -0.2) is 9.37 Å². The van der Waals surface area contributed by atoms with Crippen molar-refractivity contribution in [2.24, 2.45) is 0 Å². The van der Waals surface area contributed by atoms with E-state index in [4.69, 9.17) is 9.47 Å². The van der Waals surface area contributed by atoms with E-state index in [1.165, 1.54) is 12.1 Å². The van der Waals surface area contributed by atoms with E-state index >= 15 is 0 Å². The molecule has 0 spiro atoms. The molecule has 1 heterocycles. The third-order valence-electron chi connectivity index (χ3n) is 3.15. The van der Waals surface area contributed by atoms with Crippen molar-refractivity contribution in [2.45, 2.75) is 6.61 Å². The van der Waals surface area contributed by atoms with Crippen LogP contribution in [0.15, 0.2) is 54.6 Å². The van der Waals surface area contributed by atoms with Crippen LogP contribution in [0.2, 0.25) is 0 Å². The molecule has 0 aliphatic carbocycles. The van der Waals surface area contributed by atoms with Gasteiger partial charge in [0.1, 0.15) is 23.9 Å². The zero-order valence-electron chi connectivity index (χ0n) is 11.5. The predicted molar refractivity (Wildman–Crippen MR) is 79.0 cm³/mol. The molecule has 0 unspecified atom stereocenters. The summed E-state index contributed by atoms with van der Waals surface area (Å²) in [5.41, 5.74) is 1.70. The molecule has 0 fully saturated rings. The van der Waals surface area contributed by atoms with E-state index in [0.29, 0.717) is 12.4 Å². The van der Waals surface area contributed by atoms with Crippen molar-refractivity contribution in [3.05, 3.63) is 66.1 Å². The Balaban J connectivity index is 1.76. The van der Waals surface area contributed by atoms with Gasteiger partial charge >= 0.3 is 0 Å². The maximum absolute atomic E-state index is 12.8. The quantitative estimate of drug-likeness (QED) is 0.726. The zero-order valence-corrected chi connectivity index (χ0v) is 11.5. The van der Waals surface area contributed by atoms with E-state index in [0.717, 1.165) is 22.3 Å². The van der Waals surface area contributed by atoms with E-state index in [2.05, 4.69) is 4.98 Å². The predicted octanol–water partition coefficient (Wildman–Crippen LogP) is 3.96. The van der Waals surface area contributed by atoms with Gasteiger partial charge < -0.3 is 9.47 Å². The number of fused-ring (bicyclic) bond motifs is 1. The lowest BCUT2D eigenvalue weighted by Crippen LogP contribution is -1.98. The SMILES string of the molecule is COc1ccc2nc(COc3ccc(F)cc3)ccc2c1. The highest BCUT2D eigenvalue weighted by Gasteiger charge is 2.02. The van der Waals surface area contributed by atoms with E-state index in [-0.39, 0.29) is 5.82 Å². The molecule has 3 rings (SSSR count). The molecule has 0 saturated heterocycles. The van der Waals surface area contributed by atoms with Gasteiger partial charge in [0.2, 0.25) is 0 Å². The van der Waals surface area contributed by atoms with E-state index < -0.39 is 0 Å². The molecule has 106 valence electrons. The Kier molecular flexibility index (Phi) is 3.69. The number of aromatic nitrogens is 1. The van der Waals surface area contributed by atoms with Gasteiger partial charge in [-0.05, 0) is 48.5 Å². The summed E-state index contributed by atoms with van der Waals surface area (Å²) in [6.45, 7) is 0.341. The number of nitrogens with zero attached hydrogens (tertiary/aromatic N) is 1. The monoisotopic (exact) mass is 283 g/mol. The standard InChI is InChI=1S/C17H14FNO2/c1-20-16-8-9-17-12(10-16)2-5-14(19-17)11-21-15-6-3-13(18)4-7-15/h2-10H,11H2,1H3. The summed E-state index contributed by atoms with van der Waals surface area (Å²) in [5.74, 6) is 1.15. The smallest absolute Gasteiger partial charge is 0.130 e. The Morgan fingerprint density at radius 3 is 2.48 bits per heavy atom. The summed E-state index contributed by atoms with van der Waals surface area (Å²) in [7, 11) is 1.64. The Labute approximate surface area is 122 Å². The third-order valence-corrected chi connectivity index (χ3v) is 3.15. The molecule has 3 aromatic rings. The largest absolute Gasteiger partial charge is 0.497 e. The first-order valence-electron chi connectivity index (χ1n) is 6.57. The molecule has 0 bridgehead atoms. The molecule has 0 N–H and O–H groups in total. The second kappa shape index (κ2) is 5.79. The van der Waals surface area contributed by atoms with Crippen molar-refractivity contribution in [3.8, 4) is 11.5 Å². The van der Waals surface area contributed by atoms with Crippen molar-refractivity contribution >= 4 is 10.9 Å². The molecular weight excluding hydrogens is 269 g/mol. The minimum absolute atomic E-state index is 0.278. The van der Waals surface area contributed by atoms with Crippen LogP contribution >= 0.6 is 0 Å². The average Bonchev–Trinajstić information content (AvgIpc) is 2.53. The molecule has 0 atom stereocenters. The number of rotatable bonds is 4. The normalized spacial score (nSPS) is 10.6. The number of pyridine rings is 1. The molecule has 0 aliphatic rings. The first-order chi connectivity index (χ1) is 10.2. The molecule has 0 radical (unpaired) electrons. The Bertz CT molecular complexity index is 756. The van der Waals surface area contributed by atoms with Crippen molar-refractivity contribution in [1.82, 2.24) is 4.98 Å². The van der Waals surface area contributed by atoms with Gasteiger partial charge in [-0.2, -0.15) is 0 Å². The highest BCUT2D eigenvalue weighted by molar-refractivity contribution is 5.80. The maximum Gasteiger partial charge on any atom is 0.130 e. The first-order valence-corrected chi connectivity index (χ1v) is 6.57. The Hall–Kier alpha value is -2.62. The molecular formula is C17H14FNO2. The highest BCUT2D eigenvalue weighted by Crippen LogP contribution is 2.20. The fraction of sp³-hybridized carbons (Fsp3) is 0.118. The molecule has 0 aliphatic heterocycles. The van der Waals surface area contributed by atoms with E-state index in [1.54, 1.807) is 19.2 Å². The van der Waals surface area contributed by atoms with Crippen LogP contribution in [0.4, 0.5) is 4.39 Å². The Morgan fingerprint density at radius 1 is 0.952 bits per heavy atom. The number of methoxy groups -OCH3 is 1. The van der Waals surface area contributed by atoms with Crippen LogP contribution in [-0.2, 0) is 6.61 Å². The molecule has 3 nitrogen and oxygen atoms in total. The lowest BCUT2D eigenvalue weighted by Gasteiger charge is -2.07. The average molecular weight is 283 g/mol. The third kappa shape index (κ3) is 3.11. The lowest BCUT2D eigenvalue weighted by molar-refractivity contribution is 0.301. The van der Waals surface area contributed by atoms with E-state index in [9.17, 15) is 4.39 Å². The summed E-state index contributed by atoms with van der Waals surface area (Å²) in [4.78, 5) is 4.53. The summed E-state index contributed by atoms with van der Waals surface area (Å²) in [6, 6.07) is 15.6. The van der Waals surface area contributed by atoms with Crippen LogP contribution in [0, 0.1) is 5.82 Å². The topological polar surface area (TPSA) is 31.4 Å². The zero-order chi connectivity index (χ0) is 14.7. The number of benzene rings is 2. The van der Waals surface area contributed by atoms with Crippen LogP contribution in [0.5, 0.6) is 11.5 Å². The van der Waals surface area contributed by atoms with E-state index in [1.807, 2.05) is 30.3 Å². The van der Waals surface area contributed by atoms with Gasteiger partial charge in [0.25, 0.3) is 0 Å². The van der Waals surface area contributed by atoms with Gasteiger partial charge in [0.05, 0.1) is 18.3 Å². The minimum Gasteiger partial charge on any atom is -0.497 e. The number of ether oxygens (including phenoxy) is 2. The van der Waals surface area contributed by atoms with Crippen LogP contribution in [-0.4, -0.2) is 12.1 Å². The van der Waals surface area contributed by atoms with Crippen LogP contribution in [0.1, 0.15) is 5.69 Å².